The van der Waals surface area contributed by atoms with E-state index >= 15 is 0 Å². The molecule has 5 nitrogen and oxygen atoms in total. The van der Waals surface area contributed by atoms with Gasteiger partial charge in [-0.25, -0.2) is 4.79 Å². The van der Waals surface area contributed by atoms with E-state index in [4.69, 9.17) is 19.6 Å². The molecule has 0 amide bonds. The van der Waals surface area contributed by atoms with Gasteiger partial charge in [0.2, 0.25) is 5.76 Å². The van der Waals surface area contributed by atoms with Crippen LogP contribution in [0.25, 0.3) is 11.0 Å². The van der Waals surface area contributed by atoms with E-state index in [1.54, 1.807) is 32.2 Å². The third-order valence-corrected chi connectivity index (χ3v) is 2.39. The average Bonchev–Trinajstić information content (AvgIpc) is 2.67. The highest BCUT2D eigenvalue weighted by atomic mass is 16.5. The highest BCUT2D eigenvalue weighted by molar-refractivity contribution is 6.03. The molecule has 17 heavy (non-hydrogen) atoms. The second-order valence-corrected chi connectivity index (χ2v) is 3.43. The van der Waals surface area contributed by atoms with Crippen LogP contribution in [0.1, 0.15) is 17.5 Å². The van der Waals surface area contributed by atoms with Crippen molar-refractivity contribution in [2.75, 3.05) is 19.5 Å². The van der Waals surface area contributed by atoms with E-state index in [2.05, 4.69) is 0 Å². The van der Waals surface area contributed by atoms with Crippen molar-refractivity contribution in [3.8, 4) is 5.75 Å². The molecule has 0 unspecified atom stereocenters. The minimum atomic E-state index is -0.555. The summed E-state index contributed by atoms with van der Waals surface area (Å²) in [7, 11) is 1.56. The van der Waals surface area contributed by atoms with Crippen LogP contribution in [0.5, 0.6) is 5.75 Å². The molecule has 0 radical (unpaired) electrons. The number of fused-ring (bicyclic) bond motifs is 1. The number of ether oxygens (including phenoxy) is 2. The fraction of sp³-hybridized carbons (Fsp3) is 0.250. The highest BCUT2D eigenvalue weighted by Crippen LogP contribution is 2.31. The van der Waals surface area contributed by atoms with Gasteiger partial charge in [-0.3, -0.25) is 0 Å². The van der Waals surface area contributed by atoms with Gasteiger partial charge in [-0.2, -0.15) is 0 Å². The Kier molecular flexibility index (Phi) is 2.91. The Morgan fingerprint density at radius 1 is 1.47 bits per heavy atom. The van der Waals surface area contributed by atoms with Gasteiger partial charge in [-0.1, -0.05) is 0 Å². The van der Waals surface area contributed by atoms with Crippen molar-refractivity contribution in [2.24, 2.45) is 0 Å². The predicted octanol–water partition coefficient (Wildman–Crippen LogP) is 2.20. The molecule has 1 heterocycles. The summed E-state index contributed by atoms with van der Waals surface area (Å²) >= 11 is 0. The predicted molar refractivity (Wildman–Crippen MR) is 63.1 cm³/mol. The number of carbonyl (C=O) groups is 1. The molecule has 2 N–H and O–H groups in total. The van der Waals surface area contributed by atoms with Crippen molar-refractivity contribution >= 4 is 22.6 Å². The molecule has 2 aromatic rings. The zero-order valence-electron chi connectivity index (χ0n) is 9.65. The molecular formula is C12H13NO4. The van der Waals surface area contributed by atoms with Crippen molar-refractivity contribution < 1.29 is 18.7 Å². The molecular weight excluding hydrogens is 222 g/mol. The molecule has 0 saturated carbocycles. The standard InChI is InChI=1S/C12H13NO4/c1-3-16-12(14)11-10(13)8-6-7(15-2)4-5-9(8)17-11/h4-6H,3,13H2,1-2H3. The van der Waals surface area contributed by atoms with E-state index in [1.165, 1.54) is 0 Å². The Balaban J connectivity index is 2.53. The summed E-state index contributed by atoms with van der Waals surface area (Å²) in [5.41, 5.74) is 6.65. The summed E-state index contributed by atoms with van der Waals surface area (Å²) in [5.74, 6) is 0.135. The first-order valence-corrected chi connectivity index (χ1v) is 5.20. The van der Waals surface area contributed by atoms with Gasteiger partial charge in [0.1, 0.15) is 11.3 Å². The second-order valence-electron chi connectivity index (χ2n) is 3.43. The smallest absolute Gasteiger partial charge is 0.376 e. The molecule has 0 saturated heterocycles. The first kappa shape index (κ1) is 11.3. The van der Waals surface area contributed by atoms with E-state index in [0.29, 0.717) is 16.7 Å². The third kappa shape index (κ3) is 1.91. The van der Waals surface area contributed by atoms with Crippen LogP contribution in [0.2, 0.25) is 0 Å². The lowest BCUT2D eigenvalue weighted by molar-refractivity contribution is 0.0494. The van der Waals surface area contributed by atoms with Gasteiger partial charge in [0.05, 0.1) is 19.4 Å². The maximum Gasteiger partial charge on any atom is 0.376 e. The molecule has 1 aromatic carbocycles. The number of esters is 1. The van der Waals surface area contributed by atoms with Crippen LogP contribution >= 0.6 is 0 Å². The molecule has 5 heteroatoms. The van der Waals surface area contributed by atoms with Gasteiger partial charge < -0.3 is 19.6 Å². The molecule has 0 atom stereocenters. The van der Waals surface area contributed by atoms with Gasteiger partial charge in [0.25, 0.3) is 0 Å². The van der Waals surface area contributed by atoms with Crippen LogP contribution in [-0.2, 0) is 4.74 Å². The molecule has 0 aliphatic carbocycles. The van der Waals surface area contributed by atoms with E-state index < -0.39 is 5.97 Å². The summed E-state index contributed by atoms with van der Waals surface area (Å²) in [6.45, 7) is 2.00. The zero-order chi connectivity index (χ0) is 12.4. The van der Waals surface area contributed by atoms with E-state index in [0.717, 1.165) is 0 Å². The minimum absolute atomic E-state index is 0.0371. The Hall–Kier alpha value is -2.17. The van der Waals surface area contributed by atoms with Gasteiger partial charge >= 0.3 is 5.97 Å². The number of furan rings is 1. The first-order valence-electron chi connectivity index (χ1n) is 5.20. The zero-order valence-corrected chi connectivity index (χ0v) is 9.65. The van der Waals surface area contributed by atoms with Crippen LogP contribution in [0.15, 0.2) is 22.6 Å². The van der Waals surface area contributed by atoms with Crippen molar-refractivity contribution in [2.45, 2.75) is 6.92 Å². The number of rotatable bonds is 3. The molecule has 2 rings (SSSR count). The minimum Gasteiger partial charge on any atom is -0.497 e. The summed E-state index contributed by atoms with van der Waals surface area (Å²) < 4.78 is 15.3. The summed E-state index contributed by atoms with van der Waals surface area (Å²) in [4.78, 5) is 11.6. The molecule has 90 valence electrons. The van der Waals surface area contributed by atoms with Crippen molar-refractivity contribution in [3.63, 3.8) is 0 Å². The van der Waals surface area contributed by atoms with Gasteiger partial charge in [0, 0.05) is 5.39 Å². The SMILES string of the molecule is CCOC(=O)c1oc2ccc(OC)cc2c1N. The van der Waals surface area contributed by atoms with E-state index in [-0.39, 0.29) is 18.1 Å². The van der Waals surface area contributed by atoms with Crippen LogP contribution < -0.4 is 10.5 Å². The topological polar surface area (TPSA) is 74.7 Å². The van der Waals surface area contributed by atoms with Gasteiger partial charge in [0.15, 0.2) is 0 Å². The first-order chi connectivity index (χ1) is 8.17. The molecule has 0 spiro atoms. The summed E-state index contributed by atoms with van der Waals surface area (Å²) in [5, 5.41) is 0.646. The Bertz CT molecular complexity index is 559. The maximum absolute atomic E-state index is 11.6. The number of methoxy groups -OCH3 is 1. The number of carbonyl (C=O) groups excluding carboxylic acids is 1. The summed E-state index contributed by atoms with van der Waals surface area (Å²) in [6, 6.07) is 5.16. The fourth-order valence-corrected chi connectivity index (χ4v) is 1.57. The lowest BCUT2D eigenvalue weighted by Crippen LogP contribution is -2.05. The molecule has 0 fully saturated rings. The summed E-state index contributed by atoms with van der Waals surface area (Å²) in [6.07, 6.45) is 0. The average molecular weight is 235 g/mol. The van der Waals surface area contributed by atoms with Crippen LogP contribution in [0.4, 0.5) is 5.69 Å². The van der Waals surface area contributed by atoms with E-state index in [1.807, 2.05) is 0 Å². The monoisotopic (exact) mass is 235 g/mol. The molecule has 0 bridgehead atoms. The normalized spacial score (nSPS) is 10.5. The Morgan fingerprint density at radius 2 is 2.24 bits per heavy atom. The van der Waals surface area contributed by atoms with Crippen LogP contribution in [-0.4, -0.2) is 19.7 Å². The van der Waals surface area contributed by atoms with Gasteiger partial charge in [-0.05, 0) is 25.1 Å². The maximum atomic E-state index is 11.6. The number of nitrogen functional groups attached to an aromatic ring is 1. The lowest BCUT2D eigenvalue weighted by Gasteiger charge is -1.98. The van der Waals surface area contributed by atoms with Crippen molar-refractivity contribution in [3.05, 3.63) is 24.0 Å². The second kappa shape index (κ2) is 4.37. The quantitative estimate of drug-likeness (QED) is 0.825. The number of benzene rings is 1. The third-order valence-electron chi connectivity index (χ3n) is 2.39. The number of hydrogen-bond acceptors (Lipinski definition) is 5. The number of anilines is 1. The van der Waals surface area contributed by atoms with Crippen LogP contribution in [0, 0.1) is 0 Å². The lowest BCUT2D eigenvalue weighted by atomic mass is 10.2. The fourth-order valence-electron chi connectivity index (χ4n) is 1.57. The van der Waals surface area contributed by atoms with E-state index in [9.17, 15) is 4.79 Å². The molecule has 0 aliphatic heterocycles. The Labute approximate surface area is 98.1 Å². The van der Waals surface area contributed by atoms with Crippen LogP contribution in [0.3, 0.4) is 0 Å². The number of hydrogen-bond donors (Lipinski definition) is 1. The molecule has 1 aromatic heterocycles. The highest BCUT2D eigenvalue weighted by Gasteiger charge is 2.19. The molecule has 0 aliphatic rings. The largest absolute Gasteiger partial charge is 0.497 e. The van der Waals surface area contributed by atoms with Crippen molar-refractivity contribution in [1.29, 1.82) is 0 Å². The Morgan fingerprint density at radius 3 is 2.88 bits per heavy atom. The number of nitrogens with two attached hydrogens (primary N) is 1. The van der Waals surface area contributed by atoms with Gasteiger partial charge in [-0.15, -0.1) is 0 Å². The van der Waals surface area contributed by atoms with Crippen molar-refractivity contribution in [1.82, 2.24) is 0 Å².